The van der Waals surface area contributed by atoms with Gasteiger partial charge in [0.05, 0.1) is 24.3 Å². The molecular weight excluding hydrogens is 348 g/mol. The third-order valence-electron chi connectivity index (χ3n) is 4.52. The molecule has 0 radical (unpaired) electrons. The van der Waals surface area contributed by atoms with E-state index in [1.54, 1.807) is 17.0 Å². The highest BCUT2D eigenvalue weighted by atomic mass is 35.5. The fraction of sp³-hybridized carbons (Fsp3) is 0.0952. The maximum absolute atomic E-state index is 13.0. The molecule has 0 bridgehead atoms. The van der Waals surface area contributed by atoms with E-state index in [0.29, 0.717) is 28.5 Å². The first-order valence-electron chi connectivity index (χ1n) is 8.24. The summed E-state index contributed by atoms with van der Waals surface area (Å²) < 4.78 is 0. The first-order valence-corrected chi connectivity index (χ1v) is 8.62. The van der Waals surface area contributed by atoms with Crippen LogP contribution in [-0.2, 0) is 17.8 Å². The van der Waals surface area contributed by atoms with E-state index >= 15 is 0 Å². The molecule has 0 fully saturated rings. The number of benzene rings is 2. The molecule has 128 valence electrons. The summed E-state index contributed by atoms with van der Waals surface area (Å²) in [5.74, 6) is -0.0547. The van der Waals surface area contributed by atoms with Gasteiger partial charge < -0.3 is 4.90 Å². The van der Waals surface area contributed by atoms with Crippen LogP contribution in [0.1, 0.15) is 21.5 Å². The quantitative estimate of drug-likeness (QED) is 0.652. The summed E-state index contributed by atoms with van der Waals surface area (Å²) in [4.78, 5) is 30.4. The second-order valence-electron chi connectivity index (χ2n) is 6.16. The van der Waals surface area contributed by atoms with Crippen LogP contribution in [0.4, 0.5) is 5.69 Å². The largest absolute Gasteiger partial charge is 0.305 e. The molecule has 26 heavy (non-hydrogen) atoms. The van der Waals surface area contributed by atoms with Crippen LogP contribution in [-0.4, -0.2) is 17.2 Å². The number of halogens is 1. The standard InChI is InChI=1S/C21H15ClN2O2/c22-18-8-4-2-6-16(18)12-24-19-9-14(13-25)11-23-21(19)17-7-3-1-5-15(17)10-20(24)26/h1-9,11,13H,10,12H2. The van der Waals surface area contributed by atoms with Gasteiger partial charge >= 0.3 is 0 Å². The molecule has 4 nitrogen and oxygen atoms in total. The predicted octanol–water partition coefficient (Wildman–Crippen LogP) is 4.30. The number of aromatic nitrogens is 1. The molecule has 1 aromatic heterocycles. The Bertz CT molecular complexity index is 1020. The predicted molar refractivity (Wildman–Crippen MR) is 101 cm³/mol. The molecule has 1 aliphatic rings. The molecule has 1 amide bonds. The molecule has 0 saturated carbocycles. The molecule has 0 aliphatic carbocycles. The molecule has 0 atom stereocenters. The molecular formula is C21H15ClN2O2. The zero-order valence-corrected chi connectivity index (χ0v) is 14.6. The Kier molecular flexibility index (Phi) is 4.27. The van der Waals surface area contributed by atoms with Crippen molar-refractivity contribution in [2.75, 3.05) is 4.90 Å². The highest BCUT2D eigenvalue weighted by Crippen LogP contribution is 2.36. The van der Waals surface area contributed by atoms with Crippen molar-refractivity contribution in [2.45, 2.75) is 13.0 Å². The lowest BCUT2D eigenvalue weighted by molar-refractivity contribution is -0.118. The van der Waals surface area contributed by atoms with E-state index in [1.165, 1.54) is 6.20 Å². The smallest absolute Gasteiger partial charge is 0.231 e. The maximum atomic E-state index is 13.0. The van der Waals surface area contributed by atoms with E-state index in [1.807, 2.05) is 42.5 Å². The molecule has 0 N–H and O–H groups in total. The van der Waals surface area contributed by atoms with Gasteiger partial charge in [0.15, 0.2) is 6.29 Å². The second kappa shape index (κ2) is 6.73. The van der Waals surface area contributed by atoms with Crippen molar-refractivity contribution in [2.24, 2.45) is 0 Å². The molecule has 0 spiro atoms. The highest BCUT2D eigenvalue weighted by molar-refractivity contribution is 6.31. The summed E-state index contributed by atoms with van der Waals surface area (Å²) in [5.41, 5.74) is 4.44. The number of fused-ring (bicyclic) bond motifs is 3. The molecule has 2 heterocycles. The van der Waals surface area contributed by atoms with Crippen molar-refractivity contribution in [1.82, 2.24) is 4.98 Å². The summed E-state index contributed by atoms with van der Waals surface area (Å²) in [6.07, 6.45) is 2.54. The van der Waals surface area contributed by atoms with Gasteiger partial charge in [-0.15, -0.1) is 0 Å². The fourth-order valence-corrected chi connectivity index (χ4v) is 3.41. The van der Waals surface area contributed by atoms with Crippen LogP contribution in [0.2, 0.25) is 5.02 Å². The summed E-state index contributed by atoms with van der Waals surface area (Å²) in [5, 5.41) is 0.600. The number of hydrogen-bond acceptors (Lipinski definition) is 3. The number of carbonyl (C=O) groups is 2. The minimum atomic E-state index is -0.0547. The summed E-state index contributed by atoms with van der Waals surface area (Å²) >= 11 is 6.30. The van der Waals surface area contributed by atoms with Crippen LogP contribution in [0.5, 0.6) is 0 Å². The lowest BCUT2D eigenvalue weighted by Crippen LogP contribution is -2.31. The zero-order valence-electron chi connectivity index (χ0n) is 13.9. The summed E-state index contributed by atoms with van der Waals surface area (Å²) in [6.45, 7) is 0.323. The number of aldehydes is 1. The van der Waals surface area contributed by atoms with Crippen molar-refractivity contribution in [3.05, 3.63) is 82.5 Å². The van der Waals surface area contributed by atoms with Crippen molar-refractivity contribution in [1.29, 1.82) is 0 Å². The van der Waals surface area contributed by atoms with E-state index < -0.39 is 0 Å². The van der Waals surface area contributed by atoms with Crippen molar-refractivity contribution < 1.29 is 9.59 Å². The monoisotopic (exact) mass is 362 g/mol. The number of pyridine rings is 1. The van der Waals surface area contributed by atoms with Gasteiger partial charge in [-0.3, -0.25) is 14.6 Å². The molecule has 2 aromatic carbocycles. The molecule has 1 aliphatic heterocycles. The number of anilines is 1. The first kappa shape index (κ1) is 16.5. The van der Waals surface area contributed by atoms with Crippen molar-refractivity contribution in [3.8, 4) is 11.3 Å². The third-order valence-corrected chi connectivity index (χ3v) is 4.89. The van der Waals surface area contributed by atoms with Crippen LogP contribution >= 0.6 is 11.6 Å². The van der Waals surface area contributed by atoms with E-state index in [-0.39, 0.29) is 12.3 Å². The Hall–Kier alpha value is -2.98. The minimum Gasteiger partial charge on any atom is -0.305 e. The summed E-state index contributed by atoms with van der Waals surface area (Å²) in [6, 6.07) is 16.9. The van der Waals surface area contributed by atoms with E-state index in [9.17, 15) is 9.59 Å². The number of nitrogens with zero attached hydrogens (tertiary/aromatic N) is 2. The molecule has 5 heteroatoms. The third kappa shape index (κ3) is 2.89. The van der Waals surface area contributed by atoms with Crippen LogP contribution < -0.4 is 4.90 Å². The lowest BCUT2D eigenvalue weighted by atomic mass is 10.0. The van der Waals surface area contributed by atoms with Crippen molar-refractivity contribution >= 4 is 29.5 Å². The summed E-state index contributed by atoms with van der Waals surface area (Å²) in [7, 11) is 0. The Morgan fingerprint density at radius 3 is 2.69 bits per heavy atom. The van der Waals surface area contributed by atoms with Gasteiger partial charge in [0.1, 0.15) is 0 Å². The van der Waals surface area contributed by atoms with Gasteiger partial charge in [-0.25, -0.2) is 0 Å². The molecule has 0 unspecified atom stereocenters. The maximum Gasteiger partial charge on any atom is 0.231 e. The highest BCUT2D eigenvalue weighted by Gasteiger charge is 2.27. The van der Waals surface area contributed by atoms with Gasteiger partial charge in [-0.05, 0) is 23.3 Å². The van der Waals surface area contributed by atoms with Gasteiger partial charge in [-0.1, -0.05) is 54.1 Å². The first-order chi connectivity index (χ1) is 12.7. The number of rotatable bonds is 3. The van der Waals surface area contributed by atoms with Gasteiger partial charge in [0, 0.05) is 22.3 Å². The Balaban J connectivity index is 1.89. The SMILES string of the molecule is O=Cc1cnc2c(c1)N(Cc1ccccc1Cl)C(=O)Cc1ccccc1-2. The minimum absolute atomic E-state index is 0.0547. The average molecular weight is 363 g/mol. The lowest BCUT2D eigenvalue weighted by Gasteiger charge is -2.23. The number of hydrogen-bond donors (Lipinski definition) is 0. The average Bonchev–Trinajstić information content (AvgIpc) is 2.78. The van der Waals surface area contributed by atoms with E-state index in [2.05, 4.69) is 4.98 Å². The Morgan fingerprint density at radius 2 is 1.88 bits per heavy atom. The number of amides is 1. The van der Waals surface area contributed by atoms with E-state index in [4.69, 9.17) is 11.6 Å². The molecule has 4 rings (SSSR count). The van der Waals surface area contributed by atoms with Crippen LogP contribution in [0.25, 0.3) is 11.3 Å². The van der Waals surface area contributed by atoms with Crippen LogP contribution in [0.15, 0.2) is 60.8 Å². The topological polar surface area (TPSA) is 50.3 Å². The van der Waals surface area contributed by atoms with Crippen LogP contribution in [0.3, 0.4) is 0 Å². The zero-order chi connectivity index (χ0) is 18.1. The van der Waals surface area contributed by atoms with Gasteiger partial charge in [-0.2, -0.15) is 0 Å². The van der Waals surface area contributed by atoms with Crippen LogP contribution in [0, 0.1) is 0 Å². The van der Waals surface area contributed by atoms with Gasteiger partial charge in [0.25, 0.3) is 0 Å². The Labute approximate surface area is 156 Å². The normalized spacial score (nSPS) is 13.0. The molecule has 3 aromatic rings. The van der Waals surface area contributed by atoms with Gasteiger partial charge in [0.2, 0.25) is 5.91 Å². The van der Waals surface area contributed by atoms with E-state index in [0.717, 1.165) is 23.0 Å². The second-order valence-corrected chi connectivity index (χ2v) is 6.57. The van der Waals surface area contributed by atoms with Crippen molar-refractivity contribution in [3.63, 3.8) is 0 Å². The number of carbonyl (C=O) groups excluding carboxylic acids is 2. The Morgan fingerprint density at radius 1 is 1.12 bits per heavy atom. The molecule has 0 saturated heterocycles. The fourth-order valence-electron chi connectivity index (χ4n) is 3.21.